The van der Waals surface area contributed by atoms with Crippen LogP contribution < -0.4 is 0 Å². The summed E-state index contributed by atoms with van der Waals surface area (Å²) in [6, 6.07) is 2.00. The molecule has 0 unspecified atom stereocenters. The maximum atomic E-state index is 10.1. The quantitative estimate of drug-likeness (QED) is 0.454. The summed E-state index contributed by atoms with van der Waals surface area (Å²) in [4.78, 5) is 12.2. The van der Waals surface area contributed by atoms with Crippen molar-refractivity contribution in [3.8, 4) is 0 Å². The number of carbonyl (C=O) groups is 1. The van der Waals surface area contributed by atoms with Gasteiger partial charge in [0.2, 0.25) is 0 Å². The summed E-state index contributed by atoms with van der Waals surface area (Å²) < 4.78 is 0.984. The normalized spacial score (nSPS) is 9.12. The van der Waals surface area contributed by atoms with Crippen LogP contribution in [0.4, 0.5) is 0 Å². The van der Waals surface area contributed by atoms with Crippen LogP contribution in [0.2, 0.25) is 0 Å². The number of carbonyl (C=O) groups excluding carboxylic acids is 1. The Labute approximate surface area is 54.1 Å². The van der Waals surface area contributed by atoms with Crippen molar-refractivity contribution in [1.82, 2.24) is 0 Å². The van der Waals surface area contributed by atoms with Gasteiger partial charge in [-0.1, -0.05) is 0 Å². The summed E-state index contributed by atoms with van der Waals surface area (Å²) in [6.45, 7) is 1.97. The molecule has 0 aliphatic heterocycles. The third-order valence-corrected chi connectivity index (χ3v) is 2.99. The summed E-state index contributed by atoms with van der Waals surface area (Å²) in [7, 11) is 0. The zero-order valence-corrected chi connectivity index (χ0v) is 6.26. The third kappa shape index (κ3) is 0.908. The zero-order chi connectivity index (χ0) is 5.98. The fraction of sp³-hybridized carbons (Fsp3) is 0.167. The monoisotopic (exact) mass is 174 g/mol. The van der Waals surface area contributed by atoms with Crippen molar-refractivity contribution >= 4 is 20.8 Å². The molecule has 0 spiro atoms. The molecule has 0 bridgehead atoms. The summed E-state index contributed by atoms with van der Waals surface area (Å²) in [6.07, 6.45) is 0.954. The predicted octanol–water partition coefficient (Wildman–Crippen LogP) is 0.865. The maximum absolute atomic E-state index is 10.1. The van der Waals surface area contributed by atoms with Gasteiger partial charge >= 0.3 is 53.5 Å². The Morgan fingerprint density at radius 3 is 2.75 bits per heavy atom. The zero-order valence-electron chi connectivity index (χ0n) is 4.55. The van der Waals surface area contributed by atoms with E-state index < -0.39 is 0 Å². The molecule has 0 aromatic carbocycles. The van der Waals surface area contributed by atoms with Crippen molar-refractivity contribution < 1.29 is 4.79 Å². The molecule has 0 amide bonds. The van der Waals surface area contributed by atoms with Crippen molar-refractivity contribution in [2.75, 3.05) is 0 Å². The van der Waals surface area contributed by atoms with Gasteiger partial charge in [-0.2, -0.15) is 0 Å². The molecule has 0 aliphatic rings. The molecule has 0 saturated carbocycles. The van der Waals surface area contributed by atoms with Gasteiger partial charge in [-0.3, -0.25) is 0 Å². The first-order valence-electron chi connectivity index (χ1n) is 2.34. The van der Waals surface area contributed by atoms with Crippen LogP contribution in [0.1, 0.15) is 14.8 Å². The molecule has 0 fully saturated rings. The Morgan fingerprint density at radius 2 is 2.50 bits per heavy atom. The van der Waals surface area contributed by atoms with E-state index in [-0.39, 0.29) is 0 Å². The van der Waals surface area contributed by atoms with Crippen molar-refractivity contribution in [1.29, 1.82) is 0 Å². The number of rotatable bonds is 1. The molecule has 1 aromatic heterocycles. The van der Waals surface area contributed by atoms with Crippen LogP contribution in [0, 0.1) is 6.92 Å². The Morgan fingerprint density at radius 1 is 1.75 bits per heavy atom. The second kappa shape index (κ2) is 2.29. The predicted molar refractivity (Wildman–Crippen MR) is 33.5 cm³/mol. The van der Waals surface area contributed by atoms with E-state index in [0.717, 1.165) is 16.3 Å². The number of aldehydes is 1. The fourth-order valence-electron chi connectivity index (χ4n) is 0.505. The van der Waals surface area contributed by atoms with Crippen molar-refractivity contribution in [2.24, 2.45) is 0 Å². The molecular weight excluding hydrogens is 167 g/mol. The van der Waals surface area contributed by atoms with Crippen molar-refractivity contribution in [3.63, 3.8) is 0 Å². The van der Waals surface area contributed by atoms with E-state index in [1.807, 2.05) is 13.0 Å². The van der Waals surface area contributed by atoms with E-state index in [9.17, 15) is 4.79 Å². The first-order valence-corrected chi connectivity index (χ1v) is 4.18. The van der Waals surface area contributed by atoms with Gasteiger partial charge in [0.1, 0.15) is 0 Å². The minimum atomic E-state index is 0.339. The molecule has 42 valence electrons. The van der Waals surface area contributed by atoms with E-state index in [1.54, 1.807) is 0 Å². The average Bonchev–Trinajstić information content (AvgIpc) is 2.14. The standard InChI is InChI=1S/C6H6OSe/c1-5-2-3-8-6(5)4-7/h2-4H,1H3. The van der Waals surface area contributed by atoms with Crippen LogP contribution in [0.15, 0.2) is 11.0 Å². The first kappa shape index (κ1) is 5.80. The second-order valence-electron chi connectivity index (χ2n) is 1.59. The van der Waals surface area contributed by atoms with Crippen LogP contribution in [-0.4, -0.2) is 20.8 Å². The molecular formula is C6H6OSe. The Hall–Kier alpha value is -0.331. The number of aryl methyl sites for hydroxylation is 1. The van der Waals surface area contributed by atoms with E-state index in [4.69, 9.17) is 0 Å². The number of hydrogen-bond acceptors (Lipinski definition) is 1. The molecule has 0 N–H and O–H groups in total. The Bertz CT molecular complexity index is 190. The van der Waals surface area contributed by atoms with Gasteiger partial charge < -0.3 is 0 Å². The van der Waals surface area contributed by atoms with E-state index in [1.165, 1.54) is 0 Å². The molecule has 1 rings (SSSR count). The van der Waals surface area contributed by atoms with E-state index in [0.29, 0.717) is 14.5 Å². The fourth-order valence-corrected chi connectivity index (χ4v) is 2.03. The molecule has 1 heterocycles. The average molecular weight is 173 g/mol. The summed E-state index contributed by atoms with van der Waals surface area (Å²) in [5, 5.41) is 0. The summed E-state index contributed by atoms with van der Waals surface area (Å²) in [5.41, 5.74) is 1.14. The third-order valence-electron chi connectivity index (χ3n) is 1.01. The second-order valence-corrected chi connectivity index (χ2v) is 3.57. The first-order chi connectivity index (χ1) is 3.84. The van der Waals surface area contributed by atoms with E-state index >= 15 is 0 Å². The molecule has 2 heteroatoms. The summed E-state index contributed by atoms with van der Waals surface area (Å²) >= 11 is 0.339. The molecule has 0 atom stereocenters. The summed E-state index contributed by atoms with van der Waals surface area (Å²) in [5.74, 6) is 0. The Kier molecular flexibility index (Phi) is 1.66. The topological polar surface area (TPSA) is 17.1 Å². The SMILES string of the molecule is Cc1cc[se]c1C=O. The molecule has 8 heavy (non-hydrogen) atoms. The van der Waals surface area contributed by atoms with Gasteiger partial charge in [0, 0.05) is 0 Å². The molecule has 1 nitrogen and oxygen atoms in total. The van der Waals surface area contributed by atoms with Crippen molar-refractivity contribution in [2.45, 2.75) is 6.92 Å². The van der Waals surface area contributed by atoms with Gasteiger partial charge in [0.25, 0.3) is 0 Å². The van der Waals surface area contributed by atoms with Gasteiger partial charge in [-0.15, -0.1) is 0 Å². The molecule has 0 radical (unpaired) electrons. The van der Waals surface area contributed by atoms with Crippen LogP contribution in [0.5, 0.6) is 0 Å². The molecule has 0 saturated heterocycles. The van der Waals surface area contributed by atoms with Gasteiger partial charge in [0.15, 0.2) is 0 Å². The van der Waals surface area contributed by atoms with Crippen molar-refractivity contribution in [3.05, 3.63) is 21.0 Å². The molecule has 1 aromatic rings. The van der Waals surface area contributed by atoms with Crippen LogP contribution >= 0.6 is 0 Å². The minimum absolute atomic E-state index is 0.339. The molecule has 0 aliphatic carbocycles. The number of hydrogen-bond donors (Lipinski definition) is 0. The van der Waals surface area contributed by atoms with Gasteiger partial charge in [-0.25, -0.2) is 0 Å². The van der Waals surface area contributed by atoms with Crippen LogP contribution in [-0.2, 0) is 0 Å². The van der Waals surface area contributed by atoms with E-state index in [2.05, 4.69) is 4.94 Å². The van der Waals surface area contributed by atoms with Gasteiger partial charge in [-0.05, 0) is 0 Å². The Balaban J connectivity index is 3.09. The van der Waals surface area contributed by atoms with Crippen LogP contribution in [0.3, 0.4) is 0 Å². The van der Waals surface area contributed by atoms with Gasteiger partial charge in [0.05, 0.1) is 0 Å². The van der Waals surface area contributed by atoms with Crippen LogP contribution in [0.25, 0.3) is 0 Å².